The third-order valence-corrected chi connectivity index (χ3v) is 4.42. The molecule has 0 fully saturated rings. The molecule has 0 aliphatic carbocycles. The van der Waals surface area contributed by atoms with Crippen LogP contribution in [0.1, 0.15) is 19.4 Å². The van der Waals surface area contributed by atoms with Crippen LogP contribution in [-0.2, 0) is 20.7 Å². The highest BCUT2D eigenvalue weighted by molar-refractivity contribution is 5.88. The van der Waals surface area contributed by atoms with Crippen LogP contribution in [0.4, 0.5) is 5.69 Å². The monoisotopic (exact) mass is 419 g/mol. The molecule has 2 rings (SSSR count). The van der Waals surface area contributed by atoms with Gasteiger partial charge in [-0.1, -0.05) is 13.8 Å². The summed E-state index contributed by atoms with van der Waals surface area (Å²) in [6.07, 6.45) is 0.107. The van der Waals surface area contributed by atoms with E-state index in [9.17, 15) is 9.59 Å². The second-order valence-electron chi connectivity index (χ2n) is 7.53. The average molecular weight is 420 g/mol. The summed E-state index contributed by atoms with van der Waals surface area (Å²) in [5.41, 5.74) is 1.58. The first-order chi connectivity index (χ1) is 14.4. The number of rotatable bonds is 13. The van der Waals surface area contributed by atoms with E-state index < -0.39 is 5.63 Å². The minimum Gasteiger partial charge on any atom is -0.423 e. The van der Waals surface area contributed by atoms with Crippen molar-refractivity contribution in [2.45, 2.75) is 26.3 Å². The first-order valence-electron chi connectivity index (χ1n) is 10.3. The van der Waals surface area contributed by atoms with Gasteiger partial charge in [-0.05, 0) is 17.7 Å². The lowest BCUT2D eigenvalue weighted by molar-refractivity contribution is -0.120. The van der Waals surface area contributed by atoms with E-state index in [1.54, 1.807) is 6.07 Å². The quantitative estimate of drug-likeness (QED) is 0.376. The SMILES string of the molecule is CC(C)NCCOCCOCCNC(=O)Cc1cc(=O)oc2cc(N(C)C)ccc12. The summed E-state index contributed by atoms with van der Waals surface area (Å²) in [5, 5.41) is 6.84. The van der Waals surface area contributed by atoms with Gasteiger partial charge in [0.15, 0.2) is 0 Å². The molecule has 2 aromatic rings. The molecular formula is C22H33N3O5. The van der Waals surface area contributed by atoms with E-state index in [0.29, 0.717) is 50.2 Å². The van der Waals surface area contributed by atoms with Crippen molar-refractivity contribution in [3.63, 3.8) is 0 Å². The molecule has 1 aromatic heterocycles. The maximum atomic E-state index is 12.3. The molecule has 0 unspecified atom stereocenters. The largest absolute Gasteiger partial charge is 0.423 e. The van der Waals surface area contributed by atoms with Crippen LogP contribution >= 0.6 is 0 Å². The lowest BCUT2D eigenvalue weighted by Gasteiger charge is -2.13. The van der Waals surface area contributed by atoms with Gasteiger partial charge < -0.3 is 29.4 Å². The Balaban J connectivity index is 1.72. The molecule has 1 heterocycles. The number of fused-ring (bicyclic) bond motifs is 1. The number of carbonyl (C=O) groups is 1. The molecule has 8 nitrogen and oxygen atoms in total. The van der Waals surface area contributed by atoms with Crippen molar-refractivity contribution in [2.24, 2.45) is 0 Å². The Morgan fingerprint density at radius 1 is 1.07 bits per heavy atom. The summed E-state index contributed by atoms with van der Waals surface area (Å²) >= 11 is 0. The molecule has 0 spiro atoms. The molecule has 2 N–H and O–H groups in total. The van der Waals surface area contributed by atoms with Crippen LogP contribution in [0.2, 0.25) is 0 Å². The summed E-state index contributed by atoms with van der Waals surface area (Å²) in [6, 6.07) is 7.42. The molecule has 0 bridgehead atoms. The van der Waals surface area contributed by atoms with Crippen LogP contribution in [0.15, 0.2) is 33.5 Å². The second kappa shape index (κ2) is 12.3. The second-order valence-corrected chi connectivity index (χ2v) is 7.53. The molecule has 8 heteroatoms. The lowest BCUT2D eigenvalue weighted by atomic mass is 10.1. The number of amides is 1. The summed E-state index contributed by atoms with van der Waals surface area (Å²) in [6.45, 7) is 7.46. The summed E-state index contributed by atoms with van der Waals surface area (Å²) in [7, 11) is 3.82. The van der Waals surface area contributed by atoms with Gasteiger partial charge in [-0.2, -0.15) is 0 Å². The van der Waals surface area contributed by atoms with E-state index in [1.807, 2.05) is 31.1 Å². The average Bonchev–Trinajstić information content (AvgIpc) is 2.68. The Kier molecular flexibility index (Phi) is 9.79. The first-order valence-corrected chi connectivity index (χ1v) is 10.3. The molecule has 0 saturated carbocycles. The van der Waals surface area contributed by atoms with E-state index >= 15 is 0 Å². The molecule has 1 aromatic carbocycles. The minimum atomic E-state index is -0.465. The van der Waals surface area contributed by atoms with Crippen LogP contribution in [-0.4, -0.2) is 65.6 Å². The molecule has 0 aliphatic rings. The van der Waals surface area contributed by atoms with E-state index in [4.69, 9.17) is 13.9 Å². The number of carbonyl (C=O) groups excluding carboxylic acids is 1. The van der Waals surface area contributed by atoms with Crippen LogP contribution in [0.3, 0.4) is 0 Å². The number of nitrogens with zero attached hydrogens (tertiary/aromatic N) is 1. The Bertz CT molecular complexity index is 863. The maximum Gasteiger partial charge on any atom is 0.336 e. The fraction of sp³-hybridized carbons (Fsp3) is 0.545. The molecule has 30 heavy (non-hydrogen) atoms. The summed E-state index contributed by atoms with van der Waals surface area (Å²) < 4.78 is 16.2. The Morgan fingerprint density at radius 2 is 1.77 bits per heavy atom. The highest BCUT2D eigenvalue weighted by atomic mass is 16.5. The van der Waals surface area contributed by atoms with Crippen LogP contribution < -0.4 is 21.2 Å². The van der Waals surface area contributed by atoms with Gasteiger partial charge in [-0.3, -0.25) is 4.79 Å². The fourth-order valence-corrected chi connectivity index (χ4v) is 2.88. The van der Waals surface area contributed by atoms with Gasteiger partial charge in [0, 0.05) is 56.4 Å². The van der Waals surface area contributed by atoms with E-state index in [0.717, 1.165) is 17.6 Å². The Morgan fingerprint density at radius 3 is 2.43 bits per heavy atom. The molecule has 0 aliphatic heterocycles. The van der Waals surface area contributed by atoms with Crippen molar-refractivity contribution >= 4 is 22.6 Å². The lowest BCUT2D eigenvalue weighted by Crippen LogP contribution is -2.29. The normalized spacial score (nSPS) is 11.2. The minimum absolute atomic E-state index is 0.107. The number of hydrogen-bond donors (Lipinski definition) is 2. The highest BCUT2D eigenvalue weighted by Crippen LogP contribution is 2.23. The zero-order chi connectivity index (χ0) is 21.9. The van der Waals surface area contributed by atoms with Crippen molar-refractivity contribution in [1.29, 1.82) is 0 Å². The fourth-order valence-electron chi connectivity index (χ4n) is 2.88. The smallest absolute Gasteiger partial charge is 0.336 e. The van der Waals surface area contributed by atoms with Crippen molar-refractivity contribution in [3.8, 4) is 0 Å². The van der Waals surface area contributed by atoms with Crippen LogP contribution in [0, 0.1) is 0 Å². The number of hydrogen-bond acceptors (Lipinski definition) is 7. The summed E-state index contributed by atoms with van der Waals surface area (Å²) in [4.78, 5) is 26.1. The van der Waals surface area contributed by atoms with Crippen LogP contribution in [0.5, 0.6) is 0 Å². The number of nitrogens with one attached hydrogen (secondary N) is 2. The number of benzene rings is 1. The van der Waals surface area contributed by atoms with Crippen molar-refractivity contribution in [2.75, 3.05) is 58.5 Å². The Hall–Kier alpha value is -2.42. The first kappa shape index (κ1) is 23.9. The van der Waals surface area contributed by atoms with Gasteiger partial charge >= 0.3 is 5.63 Å². The third kappa shape index (κ3) is 8.14. The van der Waals surface area contributed by atoms with Gasteiger partial charge in [-0.15, -0.1) is 0 Å². The number of ether oxygens (including phenoxy) is 2. The van der Waals surface area contributed by atoms with Crippen LogP contribution in [0.25, 0.3) is 11.0 Å². The van der Waals surface area contributed by atoms with Gasteiger partial charge in [-0.25, -0.2) is 4.79 Å². The van der Waals surface area contributed by atoms with Gasteiger partial charge in [0.1, 0.15) is 5.58 Å². The van der Waals surface area contributed by atoms with E-state index in [2.05, 4.69) is 24.5 Å². The van der Waals surface area contributed by atoms with Crippen molar-refractivity contribution in [1.82, 2.24) is 10.6 Å². The summed E-state index contributed by atoms with van der Waals surface area (Å²) in [5.74, 6) is -0.168. The third-order valence-electron chi connectivity index (χ3n) is 4.42. The van der Waals surface area contributed by atoms with Gasteiger partial charge in [0.05, 0.1) is 32.8 Å². The van der Waals surface area contributed by atoms with E-state index in [-0.39, 0.29) is 12.3 Å². The predicted octanol–water partition coefficient (Wildman–Crippen LogP) is 1.55. The zero-order valence-corrected chi connectivity index (χ0v) is 18.3. The zero-order valence-electron chi connectivity index (χ0n) is 18.3. The highest BCUT2D eigenvalue weighted by Gasteiger charge is 2.11. The van der Waals surface area contributed by atoms with Gasteiger partial charge in [0.25, 0.3) is 0 Å². The molecular weight excluding hydrogens is 386 g/mol. The van der Waals surface area contributed by atoms with Gasteiger partial charge in [0.2, 0.25) is 5.91 Å². The van der Waals surface area contributed by atoms with Crippen molar-refractivity contribution in [3.05, 3.63) is 40.2 Å². The maximum absolute atomic E-state index is 12.3. The topological polar surface area (TPSA) is 93.0 Å². The molecule has 1 amide bonds. The van der Waals surface area contributed by atoms with E-state index in [1.165, 1.54) is 6.07 Å². The standard InChI is InChI=1S/C22H33N3O5/c1-16(2)23-7-9-28-11-12-29-10-8-24-21(26)13-17-14-22(27)30-20-15-18(25(3)4)5-6-19(17)20/h5-6,14-16,23H,7-13H2,1-4H3,(H,24,26). The molecule has 0 atom stereocenters. The molecule has 0 saturated heterocycles. The van der Waals surface area contributed by atoms with Crippen molar-refractivity contribution < 1.29 is 18.7 Å². The molecule has 0 radical (unpaired) electrons. The predicted molar refractivity (Wildman–Crippen MR) is 118 cm³/mol. The molecule has 166 valence electrons. The Labute approximate surface area is 177 Å². The number of anilines is 1.